The Morgan fingerprint density at radius 1 is 1.30 bits per heavy atom. The summed E-state index contributed by atoms with van der Waals surface area (Å²) < 4.78 is 18.4. The summed E-state index contributed by atoms with van der Waals surface area (Å²) in [7, 11) is 1.26. The molecule has 0 spiro atoms. The van der Waals surface area contributed by atoms with Crippen molar-refractivity contribution in [1.29, 1.82) is 0 Å². The average Bonchev–Trinajstić information content (AvgIpc) is 2.87. The number of benzene rings is 1. The molecule has 2 atom stereocenters. The van der Waals surface area contributed by atoms with Gasteiger partial charge in [-0.3, -0.25) is 4.79 Å². The van der Waals surface area contributed by atoms with E-state index in [2.05, 4.69) is 15.4 Å². The smallest absolute Gasteiger partial charge is 0.337 e. The Labute approximate surface area is 134 Å². The van der Waals surface area contributed by atoms with Crippen LogP contribution in [-0.4, -0.2) is 31.1 Å². The van der Waals surface area contributed by atoms with Crippen LogP contribution >= 0.6 is 0 Å². The molecule has 1 amide bonds. The number of carbonyl (C=O) groups excluding carboxylic acids is 2. The lowest BCUT2D eigenvalue weighted by Crippen LogP contribution is -2.39. The summed E-state index contributed by atoms with van der Waals surface area (Å²) in [4.78, 5) is 23.7. The first kappa shape index (κ1) is 15.9. The van der Waals surface area contributed by atoms with Gasteiger partial charge in [0.15, 0.2) is 0 Å². The number of anilines is 1. The van der Waals surface area contributed by atoms with Crippen LogP contribution in [0.4, 0.5) is 10.1 Å². The van der Waals surface area contributed by atoms with Gasteiger partial charge in [-0.1, -0.05) is 0 Å². The van der Waals surface area contributed by atoms with Crippen molar-refractivity contribution in [3.05, 3.63) is 29.6 Å². The van der Waals surface area contributed by atoms with E-state index >= 15 is 0 Å². The van der Waals surface area contributed by atoms with Gasteiger partial charge >= 0.3 is 5.97 Å². The number of piperidine rings is 1. The van der Waals surface area contributed by atoms with Crippen LogP contribution < -0.4 is 10.6 Å². The van der Waals surface area contributed by atoms with Crippen LogP contribution in [0.2, 0.25) is 0 Å². The maximum absolute atomic E-state index is 13.8. The molecule has 2 bridgehead atoms. The molecule has 1 aromatic carbocycles. The molecule has 2 heterocycles. The second-order valence-corrected chi connectivity index (χ2v) is 6.41. The summed E-state index contributed by atoms with van der Waals surface area (Å²) >= 11 is 0. The summed E-state index contributed by atoms with van der Waals surface area (Å²) in [5.74, 6) is -0.996. The molecule has 2 saturated heterocycles. The first-order valence-corrected chi connectivity index (χ1v) is 7.99. The number of amides is 1. The second kappa shape index (κ2) is 6.66. The molecule has 23 heavy (non-hydrogen) atoms. The largest absolute Gasteiger partial charge is 0.465 e. The number of halogens is 1. The Morgan fingerprint density at radius 2 is 2.00 bits per heavy atom. The molecule has 6 heteroatoms. The zero-order valence-electron chi connectivity index (χ0n) is 13.1. The first-order chi connectivity index (χ1) is 11.0. The van der Waals surface area contributed by atoms with E-state index < -0.39 is 11.8 Å². The maximum atomic E-state index is 13.8. The number of hydrogen-bond acceptors (Lipinski definition) is 4. The van der Waals surface area contributed by atoms with E-state index in [1.165, 1.54) is 32.1 Å². The van der Waals surface area contributed by atoms with Crippen LogP contribution in [0, 0.1) is 11.7 Å². The summed E-state index contributed by atoms with van der Waals surface area (Å²) in [6, 6.07) is 4.84. The van der Waals surface area contributed by atoms with Gasteiger partial charge in [0.1, 0.15) is 5.82 Å². The first-order valence-electron chi connectivity index (χ1n) is 7.99. The highest BCUT2D eigenvalue weighted by molar-refractivity contribution is 5.94. The van der Waals surface area contributed by atoms with Gasteiger partial charge in [-0.2, -0.15) is 0 Å². The number of ether oxygens (including phenoxy) is 1. The fourth-order valence-corrected chi connectivity index (χ4v) is 3.67. The van der Waals surface area contributed by atoms with E-state index in [9.17, 15) is 14.0 Å². The Balaban J connectivity index is 1.62. The van der Waals surface area contributed by atoms with Crippen molar-refractivity contribution in [2.75, 3.05) is 12.4 Å². The SMILES string of the molecule is COC(=O)c1ccc(F)c(NC(=O)CC2CC3CCC(C2)N3)c1. The molecular formula is C17H21FN2O3. The Bertz CT molecular complexity index is 608. The van der Waals surface area contributed by atoms with Gasteiger partial charge in [0.25, 0.3) is 0 Å². The summed E-state index contributed by atoms with van der Waals surface area (Å²) in [6.07, 6.45) is 4.73. The zero-order valence-corrected chi connectivity index (χ0v) is 13.1. The zero-order chi connectivity index (χ0) is 16.4. The summed E-state index contributed by atoms with van der Waals surface area (Å²) in [6.45, 7) is 0. The van der Waals surface area contributed by atoms with E-state index in [-0.39, 0.29) is 17.2 Å². The topological polar surface area (TPSA) is 67.4 Å². The molecule has 2 unspecified atom stereocenters. The lowest BCUT2D eigenvalue weighted by atomic mass is 9.89. The molecular weight excluding hydrogens is 299 g/mol. The molecule has 0 aromatic heterocycles. The van der Waals surface area contributed by atoms with E-state index in [0.29, 0.717) is 24.4 Å². The predicted molar refractivity (Wildman–Crippen MR) is 83.7 cm³/mol. The van der Waals surface area contributed by atoms with Gasteiger partial charge in [0, 0.05) is 18.5 Å². The number of rotatable bonds is 4. The Kier molecular flexibility index (Phi) is 4.61. The van der Waals surface area contributed by atoms with Crippen molar-refractivity contribution in [1.82, 2.24) is 5.32 Å². The van der Waals surface area contributed by atoms with E-state index in [1.54, 1.807) is 0 Å². The molecule has 1 aromatic rings. The molecule has 2 N–H and O–H groups in total. The van der Waals surface area contributed by atoms with Crippen molar-refractivity contribution in [3.63, 3.8) is 0 Å². The van der Waals surface area contributed by atoms with Crippen LogP contribution in [0.1, 0.15) is 42.5 Å². The van der Waals surface area contributed by atoms with Gasteiger partial charge in [0.2, 0.25) is 5.91 Å². The van der Waals surface area contributed by atoms with Crippen LogP contribution in [0.15, 0.2) is 18.2 Å². The summed E-state index contributed by atoms with van der Waals surface area (Å²) in [5.41, 5.74) is 0.235. The molecule has 2 fully saturated rings. The van der Waals surface area contributed by atoms with Gasteiger partial charge in [-0.25, -0.2) is 9.18 Å². The minimum Gasteiger partial charge on any atom is -0.465 e. The molecule has 2 aliphatic rings. The van der Waals surface area contributed by atoms with Gasteiger partial charge in [-0.15, -0.1) is 0 Å². The molecule has 2 aliphatic heterocycles. The number of nitrogens with one attached hydrogen (secondary N) is 2. The minimum atomic E-state index is -0.560. The van der Waals surface area contributed by atoms with Gasteiger partial charge in [-0.05, 0) is 49.8 Å². The standard InChI is InChI=1S/C17H21FN2O3/c1-23-17(22)11-2-5-14(18)15(9-11)20-16(21)8-10-6-12-3-4-13(7-10)19-12/h2,5,9-10,12-13,19H,3-4,6-8H2,1H3,(H,20,21). The molecule has 124 valence electrons. The third-order valence-corrected chi connectivity index (χ3v) is 4.71. The fourth-order valence-electron chi connectivity index (χ4n) is 3.67. The molecule has 3 rings (SSSR count). The van der Waals surface area contributed by atoms with Crippen molar-refractivity contribution in [2.24, 2.45) is 5.92 Å². The lowest BCUT2D eigenvalue weighted by Gasteiger charge is -2.28. The van der Waals surface area contributed by atoms with Crippen LogP contribution in [0.3, 0.4) is 0 Å². The monoisotopic (exact) mass is 320 g/mol. The van der Waals surface area contributed by atoms with Crippen molar-refractivity contribution >= 4 is 17.6 Å². The van der Waals surface area contributed by atoms with E-state index in [1.807, 2.05) is 0 Å². The van der Waals surface area contributed by atoms with Crippen molar-refractivity contribution in [3.8, 4) is 0 Å². The van der Waals surface area contributed by atoms with Crippen LogP contribution in [0.25, 0.3) is 0 Å². The summed E-state index contributed by atoms with van der Waals surface area (Å²) in [5, 5.41) is 6.12. The number of carbonyl (C=O) groups is 2. The number of hydrogen-bond donors (Lipinski definition) is 2. The molecule has 0 aliphatic carbocycles. The predicted octanol–water partition coefficient (Wildman–Crippen LogP) is 2.47. The fraction of sp³-hybridized carbons (Fsp3) is 0.529. The van der Waals surface area contributed by atoms with Gasteiger partial charge in [0.05, 0.1) is 18.4 Å². The number of methoxy groups -OCH3 is 1. The molecule has 0 radical (unpaired) electrons. The number of esters is 1. The van der Waals surface area contributed by atoms with Crippen molar-refractivity contribution in [2.45, 2.75) is 44.2 Å². The van der Waals surface area contributed by atoms with E-state index in [0.717, 1.165) is 18.9 Å². The van der Waals surface area contributed by atoms with Crippen LogP contribution in [0.5, 0.6) is 0 Å². The normalized spacial score (nSPS) is 25.9. The highest BCUT2D eigenvalue weighted by Gasteiger charge is 2.34. The average molecular weight is 320 g/mol. The quantitative estimate of drug-likeness (QED) is 0.836. The Hall–Kier alpha value is -1.95. The molecule has 0 saturated carbocycles. The Morgan fingerprint density at radius 3 is 2.65 bits per heavy atom. The lowest BCUT2D eigenvalue weighted by molar-refractivity contribution is -0.117. The van der Waals surface area contributed by atoms with Crippen molar-refractivity contribution < 1.29 is 18.7 Å². The third kappa shape index (κ3) is 3.69. The maximum Gasteiger partial charge on any atom is 0.337 e. The molecule has 5 nitrogen and oxygen atoms in total. The number of fused-ring (bicyclic) bond motifs is 2. The highest BCUT2D eigenvalue weighted by Crippen LogP contribution is 2.32. The second-order valence-electron chi connectivity index (χ2n) is 6.41. The van der Waals surface area contributed by atoms with Crippen LogP contribution in [-0.2, 0) is 9.53 Å². The third-order valence-electron chi connectivity index (χ3n) is 4.71. The minimum absolute atomic E-state index is 0.0230. The highest BCUT2D eigenvalue weighted by atomic mass is 19.1. The van der Waals surface area contributed by atoms with E-state index in [4.69, 9.17) is 0 Å². The van der Waals surface area contributed by atoms with Gasteiger partial charge < -0.3 is 15.4 Å².